The normalized spacial score (nSPS) is 17.3. The van der Waals surface area contributed by atoms with Gasteiger partial charge in [0.15, 0.2) is 5.65 Å². The number of aromatic nitrogens is 4. The van der Waals surface area contributed by atoms with Crippen molar-refractivity contribution < 1.29 is 9.18 Å². The van der Waals surface area contributed by atoms with E-state index in [0.717, 1.165) is 5.56 Å². The Morgan fingerprint density at radius 2 is 1.90 bits per heavy atom. The molecule has 1 aliphatic heterocycles. The number of aryl methyl sites for hydroxylation is 1. The third-order valence-corrected chi connectivity index (χ3v) is 8.41. The molecule has 0 radical (unpaired) electrons. The predicted molar refractivity (Wildman–Crippen MR) is 168 cm³/mol. The van der Waals surface area contributed by atoms with Crippen LogP contribution in [0.3, 0.4) is 0 Å². The number of amides is 1. The number of carbonyl (C=O) groups is 1. The van der Waals surface area contributed by atoms with Crippen LogP contribution in [0.2, 0.25) is 5.02 Å². The van der Waals surface area contributed by atoms with Crippen molar-refractivity contribution in [3.63, 3.8) is 0 Å². The molecular formula is C31H31BrClFN6O2. The maximum Gasteiger partial charge on any atom is 0.355 e. The molecule has 0 bridgehead atoms. The molecule has 1 saturated heterocycles. The second kappa shape index (κ2) is 11.6. The molecule has 1 fully saturated rings. The molecule has 218 valence electrons. The lowest BCUT2D eigenvalue weighted by Gasteiger charge is -2.44. The summed E-state index contributed by atoms with van der Waals surface area (Å²) in [6.45, 7) is 14.3. The van der Waals surface area contributed by atoms with Crippen LogP contribution in [0.15, 0.2) is 58.5 Å². The molecule has 0 spiro atoms. The molecule has 11 heteroatoms. The van der Waals surface area contributed by atoms with Gasteiger partial charge in [0, 0.05) is 41.4 Å². The maximum absolute atomic E-state index is 15.1. The molecule has 1 amide bonds. The van der Waals surface area contributed by atoms with Crippen molar-refractivity contribution in [3.8, 4) is 16.9 Å². The third-order valence-electron chi connectivity index (χ3n) is 7.63. The van der Waals surface area contributed by atoms with E-state index in [4.69, 9.17) is 16.6 Å². The summed E-state index contributed by atoms with van der Waals surface area (Å²) in [6, 6.07) is 7.71. The molecule has 2 unspecified atom stereocenters. The fourth-order valence-electron chi connectivity index (χ4n) is 5.52. The van der Waals surface area contributed by atoms with E-state index in [1.807, 2.05) is 45.6 Å². The number of halogens is 3. The number of anilines is 1. The van der Waals surface area contributed by atoms with Gasteiger partial charge in [0.1, 0.15) is 11.6 Å². The van der Waals surface area contributed by atoms with Gasteiger partial charge in [-0.05, 0) is 68.7 Å². The molecule has 1 aromatic carbocycles. The first-order valence-corrected chi connectivity index (χ1v) is 14.8. The van der Waals surface area contributed by atoms with Crippen LogP contribution in [0.25, 0.3) is 28.0 Å². The minimum absolute atomic E-state index is 0.00725. The van der Waals surface area contributed by atoms with Gasteiger partial charge in [0.2, 0.25) is 5.91 Å². The van der Waals surface area contributed by atoms with E-state index in [0.29, 0.717) is 40.1 Å². The Balaban J connectivity index is 1.84. The van der Waals surface area contributed by atoms with Crippen molar-refractivity contribution in [2.24, 2.45) is 0 Å². The van der Waals surface area contributed by atoms with Crippen LogP contribution in [0.5, 0.6) is 0 Å². The van der Waals surface area contributed by atoms with E-state index in [1.165, 1.54) is 16.7 Å². The summed E-state index contributed by atoms with van der Waals surface area (Å²) < 4.78 is 17.2. The molecular weight excluding hydrogens is 623 g/mol. The molecule has 0 aliphatic carbocycles. The van der Waals surface area contributed by atoms with Crippen LogP contribution in [0.4, 0.5) is 10.2 Å². The lowest BCUT2D eigenvalue weighted by atomic mass is 10.0. The van der Waals surface area contributed by atoms with Crippen molar-refractivity contribution >= 4 is 50.3 Å². The minimum atomic E-state index is -0.546. The van der Waals surface area contributed by atoms with Crippen LogP contribution < -0.4 is 10.6 Å². The van der Waals surface area contributed by atoms with E-state index < -0.39 is 11.5 Å². The standard InChI is InChI=1S/C31H31BrClFN6O2/c1-7-25(41)38-14-19(6)39(15-18(38)5)29-22-13-23(33)27(21-12-20(32)8-9-24(21)34)36-30(22)40(31(42)37-29)28-17(4)10-11-35-26(28)16(2)3/h7-13,16,18-19H,1,14-15H2,2-6H3. The number of piperazine rings is 1. The first-order chi connectivity index (χ1) is 19.9. The minimum Gasteiger partial charge on any atom is -0.349 e. The number of nitrogens with zero attached hydrogens (tertiary/aromatic N) is 6. The van der Waals surface area contributed by atoms with Crippen LogP contribution in [0.1, 0.15) is 44.9 Å². The van der Waals surface area contributed by atoms with Gasteiger partial charge >= 0.3 is 5.69 Å². The van der Waals surface area contributed by atoms with Crippen molar-refractivity contribution in [2.45, 2.75) is 52.6 Å². The summed E-state index contributed by atoms with van der Waals surface area (Å²) in [6.07, 6.45) is 3.02. The average Bonchev–Trinajstić information content (AvgIpc) is 2.95. The SMILES string of the molecule is C=CC(=O)N1CC(C)N(c2nc(=O)n(-c3c(C)ccnc3C(C)C)c3nc(-c4cc(Br)ccc4F)c(Cl)cc23)CC1C. The van der Waals surface area contributed by atoms with Gasteiger partial charge in [-0.25, -0.2) is 18.7 Å². The summed E-state index contributed by atoms with van der Waals surface area (Å²) in [5.41, 5.74) is 2.24. The number of fused-ring (bicyclic) bond motifs is 1. The first kappa shape index (κ1) is 29.8. The number of hydrogen-bond acceptors (Lipinski definition) is 6. The zero-order chi connectivity index (χ0) is 30.5. The number of rotatable bonds is 5. The van der Waals surface area contributed by atoms with Crippen molar-refractivity contribution in [2.75, 3.05) is 18.0 Å². The highest BCUT2D eigenvalue weighted by Gasteiger charge is 2.34. The molecule has 0 saturated carbocycles. The molecule has 42 heavy (non-hydrogen) atoms. The first-order valence-electron chi connectivity index (χ1n) is 13.7. The van der Waals surface area contributed by atoms with Crippen molar-refractivity contribution in [3.05, 3.63) is 86.2 Å². The molecule has 8 nitrogen and oxygen atoms in total. The Kier molecular flexibility index (Phi) is 8.22. The zero-order valence-electron chi connectivity index (χ0n) is 24.0. The second-order valence-corrected chi connectivity index (χ2v) is 12.3. The lowest BCUT2D eigenvalue weighted by Crippen LogP contribution is -2.58. The van der Waals surface area contributed by atoms with Crippen LogP contribution in [0, 0.1) is 12.7 Å². The second-order valence-electron chi connectivity index (χ2n) is 10.9. The number of pyridine rings is 2. The van der Waals surface area contributed by atoms with Gasteiger partial charge in [0.05, 0.1) is 27.5 Å². The van der Waals surface area contributed by atoms with E-state index in [9.17, 15) is 9.59 Å². The number of benzene rings is 1. The van der Waals surface area contributed by atoms with Gasteiger partial charge in [-0.1, -0.05) is 48.0 Å². The smallest absolute Gasteiger partial charge is 0.349 e. The average molecular weight is 654 g/mol. The van der Waals surface area contributed by atoms with Gasteiger partial charge in [-0.2, -0.15) is 4.98 Å². The van der Waals surface area contributed by atoms with Gasteiger partial charge < -0.3 is 9.80 Å². The molecule has 1 aliphatic rings. The molecule has 4 aromatic rings. The third kappa shape index (κ3) is 5.22. The fraction of sp³-hybridized carbons (Fsp3) is 0.323. The van der Waals surface area contributed by atoms with E-state index in [-0.39, 0.29) is 45.8 Å². The van der Waals surface area contributed by atoms with Gasteiger partial charge in [-0.3, -0.25) is 9.78 Å². The van der Waals surface area contributed by atoms with Gasteiger partial charge in [0.25, 0.3) is 0 Å². The Morgan fingerprint density at radius 1 is 1.17 bits per heavy atom. The van der Waals surface area contributed by atoms with Gasteiger partial charge in [-0.15, -0.1) is 0 Å². The molecule has 2 atom stereocenters. The summed E-state index contributed by atoms with van der Waals surface area (Å²) in [5, 5.41) is 0.736. The highest BCUT2D eigenvalue weighted by atomic mass is 79.9. The Morgan fingerprint density at radius 3 is 2.60 bits per heavy atom. The summed E-state index contributed by atoms with van der Waals surface area (Å²) >= 11 is 10.2. The molecule has 4 heterocycles. The van der Waals surface area contributed by atoms with E-state index in [1.54, 1.807) is 29.3 Å². The Labute approximate surface area is 257 Å². The Bertz CT molecular complexity index is 1790. The van der Waals surface area contributed by atoms with Crippen LogP contribution in [-0.2, 0) is 4.79 Å². The topological polar surface area (TPSA) is 84.2 Å². The quantitative estimate of drug-likeness (QED) is 0.231. The monoisotopic (exact) mass is 652 g/mol. The lowest BCUT2D eigenvalue weighted by molar-refractivity contribution is -0.128. The van der Waals surface area contributed by atoms with E-state index in [2.05, 4.69) is 32.5 Å². The Hall–Kier alpha value is -3.63. The van der Waals surface area contributed by atoms with Crippen LogP contribution in [-0.4, -0.2) is 55.5 Å². The molecule has 3 aromatic heterocycles. The largest absolute Gasteiger partial charge is 0.355 e. The number of carbonyl (C=O) groups excluding carboxylic acids is 1. The van der Waals surface area contributed by atoms with E-state index >= 15 is 4.39 Å². The summed E-state index contributed by atoms with van der Waals surface area (Å²) in [7, 11) is 0. The highest BCUT2D eigenvalue weighted by Crippen LogP contribution is 2.37. The predicted octanol–water partition coefficient (Wildman–Crippen LogP) is 6.44. The van der Waals surface area contributed by atoms with Crippen LogP contribution >= 0.6 is 27.5 Å². The van der Waals surface area contributed by atoms with Crippen molar-refractivity contribution in [1.29, 1.82) is 0 Å². The maximum atomic E-state index is 15.1. The molecule has 5 rings (SSSR count). The summed E-state index contributed by atoms with van der Waals surface area (Å²) in [4.78, 5) is 44.3. The zero-order valence-corrected chi connectivity index (χ0v) is 26.4. The highest BCUT2D eigenvalue weighted by molar-refractivity contribution is 9.10. The molecule has 0 N–H and O–H groups in total. The van der Waals surface area contributed by atoms with Crippen molar-refractivity contribution in [1.82, 2.24) is 24.4 Å². The fourth-order valence-corrected chi connectivity index (χ4v) is 6.14. The summed E-state index contributed by atoms with van der Waals surface area (Å²) in [5.74, 6) is -0.256. The number of hydrogen-bond donors (Lipinski definition) is 0.